The summed E-state index contributed by atoms with van der Waals surface area (Å²) in [5.74, 6) is -2.67. The van der Waals surface area contributed by atoms with Crippen LogP contribution in [0.2, 0.25) is 0 Å². The zero-order valence-corrected chi connectivity index (χ0v) is 17.6. The lowest BCUT2D eigenvalue weighted by molar-refractivity contribution is -0.149. The van der Waals surface area contributed by atoms with Crippen molar-refractivity contribution in [2.45, 2.75) is 26.2 Å². The summed E-state index contributed by atoms with van der Waals surface area (Å²) in [6.45, 7) is 4.38. The lowest BCUT2D eigenvalue weighted by Crippen LogP contribution is -2.49. The highest BCUT2D eigenvalue weighted by molar-refractivity contribution is 6.10. The molecule has 2 aromatic rings. The van der Waals surface area contributed by atoms with Gasteiger partial charge in [-0.2, -0.15) is 10.4 Å². The average Bonchev–Trinajstić information content (AvgIpc) is 2.77. The second-order valence-electron chi connectivity index (χ2n) is 6.71. The molecule has 0 aliphatic rings. The highest BCUT2D eigenvalue weighted by Gasteiger charge is 2.51. The molecular weight excluding hydrogens is 396 g/mol. The van der Waals surface area contributed by atoms with Gasteiger partial charge in [0, 0.05) is 5.69 Å². The van der Waals surface area contributed by atoms with Crippen molar-refractivity contribution < 1.29 is 19.1 Å². The standard InChI is InChI=1S/C23H24N4O4/c1-4-31-21(29)20(23(15-24,17(3)28)18-11-7-5-8-12-18)16(2)26-27-22(30)25-19-13-9-6-10-14-19/h5-14,20H,4H2,1-3H3,(H2,25,27,30)/b26-16+. The number of hydrogen-bond donors (Lipinski definition) is 2. The number of nitrogens with zero attached hydrogens (tertiary/aromatic N) is 2. The van der Waals surface area contributed by atoms with Crippen LogP contribution >= 0.6 is 0 Å². The molecule has 0 heterocycles. The number of esters is 1. The fourth-order valence-electron chi connectivity index (χ4n) is 3.25. The summed E-state index contributed by atoms with van der Waals surface area (Å²) in [6, 6.07) is 18.4. The smallest absolute Gasteiger partial charge is 0.339 e. The van der Waals surface area contributed by atoms with Crippen molar-refractivity contribution in [3.05, 3.63) is 66.2 Å². The number of nitrogens with one attached hydrogen (secondary N) is 2. The lowest BCUT2D eigenvalue weighted by Gasteiger charge is -2.31. The van der Waals surface area contributed by atoms with Crippen molar-refractivity contribution in [2.24, 2.45) is 11.0 Å². The zero-order valence-electron chi connectivity index (χ0n) is 17.6. The van der Waals surface area contributed by atoms with E-state index in [0.29, 0.717) is 11.3 Å². The molecule has 0 aliphatic carbocycles. The maximum absolute atomic E-state index is 12.9. The number of ketones is 1. The van der Waals surface area contributed by atoms with Crippen molar-refractivity contribution >= 4 is 29.2 Å². The largest absolute Gasteiger partial charge is 0.465 e. The van der Waals surface area contributed by atoms with Crippen LogP contribution in [0.4, 0.5) is 10.5 Å². The number of para-hydroxylation sites is 1. The zero-order chi connectivity index (χ0) is 22.9. The predicted molar refractivity (Wildman–Crippen MR) is 116 cm³/mol. The van der Waals surface area contributed by atoms with Gasteiger partial charge in [0.2, 0.25) is 0 Å². The molecule has 2 atom stereocenters. The van der Waals surface area contributed by atoms with E-state index in [-0.39, 0.29) is 12.3 Å². The van der Waals surface area contributed by atoms with Crippen molar-refractivity contribution in [3.8, 4) is 6.07 Å². The quantitative estimate of drug-likeness (QED) is 0.385. The number of carbonyl (C=O) groups excluding carboxylic acids is 3. The highest BCUT2D eigenvalue weighted by atomic mass is 16.5. The number of nitriles is 1. The van der Waals surface area contributed by atoms with E-state index in [0.717, 1.165) is 0 Å². The van der Waals surface area contributed by atoms with Gasteiger partial charge < -0.3 is 10.1 Å². The Bertz CT molecular complexity index is 999. The first-order chi connectivity index (χ1) is 14.9. The third-order valence-electron chi connectivity index (χ3n) is 4.70. The Labute approximate surface area is 180 Å². The molecule has 0 saturated carbocycles. The SMILES string of the molecule is CCOC(=O)C(/C(C)=N/NC(=O)Nc1ccccc1)C(C#N)(C(C)=O)c1ccccc1. The van der Waals surface area contributed by atoms with Crippen LogP contribution in [0.5, 0.6) is 0 Å². The van der Waals surface area contributed by atoms with E-state index >= 15 is 0 Å². The summed E-state index contributed by atoms with van der Waals surface area (Å²) < 4.78 is 5.16. The maximum Gasteiger partial charge on any atom is 0.339 e. The summed E-state index contributed by atoms with van der Waals surface area (Å²) in [7, 11) is 0. The van der Waals surface area contributed by atoms with Gasteiger partial charge >= 0.3 is 12.0 Å². The van der Waals surface area contributed by atoms with Crippen LogP contribution in [0.25, 0.3) is 0 Å². The van der Waals surface area contributed by atoms with Gasteiger partial charge in [0.05, 0.1) is 18.4 Å². The molecule has 2 rings (SSSR count). The number of urea groups is 1. The molecular formula is C23H24N4O4. The number of hydrogen-bond acceptors (Lipinski definition) is 6. The third kappa shape index (κ3) is 5.34. The minimum absolute atomic E-state index is 0.0543. The third-order valence-corrected chi connectivity index (χ3v) is 4.70. The van der Waals surface area contributed by atoms with Gasteiger partial charge in [0.15, 0.2) is 11.2 Å². The second-order valence-corrected chi connectivity index (χ2v) is 6.71. The summed E-state index contributed by atoms with van der Waals surface area (Å²) in [5.41, 5.74) is 1.39. The molecule has 0 bridgehead atoms. The van der Waals surface area contributed by atoms with Gasteiger partial charge in [0.1, 0.15) is 5.92 Å². The van der Waals surface area contributed by atoms with E-state index in [1.807, 2.05) is 12.1 Å². The molecule has 0 saturated heterocycles. The monoisotopic (exact) mass is 420 g/mol. The maximum atomic E-state index is 12.9. The molecule has 2 unspecified atom stereocenters. The molecule has 0 fully saturated rings. The number of amides is 2. The van der Waals surface area contributed by atoms with Crippen LogP contribution in [0.1, 0.15) is 26.3 Å². The number of hydrazone groups is 1. The fourth-order valence-corrected chi connectivity index (χ4v) is 3.25. The highest BCUT2D eigenvalue weighted by Crippen LogP contribution is 2.35. The number of anilines is 1. The van der Waals surface area contributed by atoms with Crippen molar-refractivity contribution in [1.82, 2.24) is 5.43 Å². The topological polar surface area (TPSA) is 121 Å². The van der Waals surface area contributed by atoms with Crippen molar-refractivity contribution in [1.29, 1.82) is 5.26 Å². The number of carbonyl (C=O) groups is 3. The summed E-state index contributed by atoms with van der Waals surface area (Å²) in [5, 5.41) is 16.7. The summed E-state index contributed by atoms with van der Waals surface area (Å²) in [4.78, 5) is 37.8. The summed E-state index contributed by atoms with van der Waals surface area (Å²) in [6.07, 6.45) is 0. The van der Waals surface area contributed by atoms with Crippen molar-refractivity contribution in [3.63, 3.8) is 0 Å². The van der Waals surface area contributed by atoms with E-state index in [9.17, 15) is 19.6 Å². The van der Waals surface area contributed by atoms with Crippen LogP contribution in [0, 0.1) is 17.2 Å². The molecule has 2 amide bonds. The van der Waals surface area contributed by atoms with Gasteiger partial charge in [-0.15, -0.1) is 0 Å². The van der Waals surface area contributed by atoms with E-state index in [1.54, 1.807) is 61.5 Å². The van der Waals surface area contributed by atoms with Gasteiger partial charge in [-0.3, -0.25) is 9.59 Å². The normalized spacial score (nSPS) is 13.8. The molecule has 160 valence electrons. The lowest BCUT2D eigenvalue weighted by atomic mass is 9.67. The summed E-state index contributed by atoms with van der Waals surface area (Å²) >= 11 is 0. The number of rotatable bonds is 8. The Morgan fingerprint density at radius 1 is 1.06 bits per heavy atom. The fraction of sp³-hybridized carbons (Fsp3) is 0.261. The van der Waals surface area contributed by atoms with Gasteiger partial charge in [-0.05, 0) is 38.5 Å². The van der Waals surface area contributed by atoms with Crippen LogP contribution in [0.15, 0.2) is 65.8 Å². The Hall–Kier alpha value is -3.99. The van der Waals surface area contributed by atoms with Gasteiger partial charge in [0.25, 0.3) is 0 Å². The molecule has 0 radical (unpaired) electrons. The van der Waals surface area contributed by atoms with Crippen molar-refractivity contribution in [2.75, 3.05) is 11.9 Å². The molecule has 8 heteroatoms. The molecule has 0 spiro atoms. The van der Waals surface area contributed by atoms with E-state index < -0.39 is 29.1 Å². The van der Waals surface area contributed by atoms with Gasteiger partial charge in [-0.25, -0.2) is 10.2 Å². The van der Waals surface area contributed by atoms with E-state index in [1.165, 1.54) is 13.8 Å². The Morgan fingerprint density at radius 3 is 2.16 bits per heavy atom. The van der Waals surface area contributed by atoms with Crippen LogP contribution in [-0.2, 0) is 19.7 Å². The Morgan fingerprint density at radius 2 is 1.65 bits per heavy atom. The van der Waals surface area contributed by atoms with Crippen LogP contribution < -0.4 is 10.7 Å². The van der Waals surface area contributed by atoms with E-state index in [2.05, 4.69) is 15.8 Å². The number of benzene rings is 2. The molecule has 0 aliphatic heterocycles. The Kier molecular flexibility index (Phi) is 8.03. The molecule has 2 aromatic carbocycles. The molecule has 31 heavy (non-hydrogen) atoms. The van der Waals surface area contributed by atoms with Crippen LogP contribution in [0.3, 0.4) is 0 Å². The van der Waals surface area contributed by atoms with E-state index in [4.69, 9.17) is 4.74 Å². The first-order valence-electron chi connectivity index (χ1n) is 9.67. The van der Waals surface area contributed by atoms with Gasteiger partial charge in [-0.1, -0.05) is 48.5 Å². The molecule has 8 nitrogen and oxygen atoms in total. The number of ether oxygens (including phenoxy) is 1. The first-order valence-corrected chi connectivity index (χ1v) is 9.67. The second kappa shape index (κ2) is 10.7. The first kappa shape index (κ1) is 23.3. The average molecular weight is 420 g/mol. The number of Topliss-reactive ketones (excluding diaryl/α,β-unsaturated/α-hetero) is 1. The molecule has 0 aromatic heterocycles. The minimum atomic E-state index is -1.86. The Balaban J connectivity index is 2.43. The molecule has 2 N–H and O–H groups in total. The predicted octanol–water partition coefficient (Wildman–Crippen LogP) is 3.41. The minimum Gasteiger partial charge on any atom is -0.465 e. The van der Waals surface area contributed by atoms with Crippen LogP contribution in [-0.4, -0.2) is 30.1 Å².